The van der Waals surface area contributed by atoms with Crippen LogP contribution in [0.4, 0.5) is 5.82 Å². The standard InChI is InChI=1S/C15H18N2O2/c1-3-10(2)9-16-14-8-12(15(18)19)11-6-4-5-7-13(11)17-14/h4-8,10H,3,9H2,1-2H3,(H,16,17)(H,18,19). The zero-order chi connectivity index (χ0) is 13.8. The van der Waals surface area contributed by atoms with E-state index in [1.54, 1.807) is 12.1 Å². The first-order valence-electron chi connectivity index (χ1n) is 6.48. The summed E-state index contributed by atoms with van der Waals surface area (Å²) in [6.45, 7) is 5.07. The van der Waals surface area contributed by atoms with Crippen molar-refractivity contribution in [1.82, 2.24) is 4.98 Å². The van der Waals surface area contributed by atoms with Crippen LogP contribution in [0, 0.1) is 5.92 Å². The van der Waals surface area contributed by atoms with Crippen LogP contribution in [0.15, 0.2) is 30.3 Å². The lowest BCUT2D eigenvalue weighted by Crippen LogP contribution is -2.12. The number of rotatable bonds is 5. The number of nitrogens with one attached hydrogen (secondary N) is 1. The largest absolute Gasteiger partial charge is 0.478 e. The molecule has 1 unspecified atom stereocenters. The monoisotopic (exact) mass is 258 g/mol. The molecule has 0 saturated heterocycles. The van der Waals surface area contributed by atoms with Gasteiger partial charge in [-0.3, -0.25) is 0 Å². The number of anilines is 1. The minimum absolute atomic E-state index is 0.289. The fourth-order valence-electron chi connectivity index (χ4n) is 1.87. The maximum absolute atomic E-state index is 11.3. The number of hydrogen-bond acceptors (Lipinski definition) is 3. The number of fused-ring (bicyclic) bond motifs is 1. The highest BCUT2D eigenvalue weighted by atomic mass is 16.4. The second-order valence-electron chi connectivity index (χ2n) is 4.77. The molecule has 4 nitrogen and oxygen atoms in total. The first-order valence-corrected chi connectivity index (χ1v) is 6.48. The topological polar surface area (TPSA) is 62.2 Å². The van der Waals surface area contributed by atoms with Crippen molar-refractivity contribution in [2.45, 2.75) is 20.3 Å². The van der Waals surface area contributed by atoms with Gasteiger partial charge in [-0.2, -0.15) is 0 Å². The molecule has 2 rings (SSSR count). The van der Waals surface area contributed by atoms with Crippen LogP contribution < -0.4 is 5.32 Å². The fraction of sp³-hybridized carbons (Fsp3) is 0.333. The van der Waals surface area contributed by atoms with Gasteiger partial charge in [0.1, 0.15) is 5.82 Å². The number of benzene rings is 1. The molecule has 19 heavy (non-hydrogen) atoms. The van der Waals surface area contributed by atoms with Crippen molar-refractivity contribution in [3.05, 3.63) is 35.9 Å². The van der Waals surface area contributed by atoms with E-state index >= 15 is 0 Å². The molecule has 0 spiro atoms. The maximum atomic E-state index is 11.3. The molecule has 1 aromatic heterocycles. The number of nitrogens with zero attached hydrogens (tertiary/aromatic N) is 1. The molecule has 1 aromatic carbocycles. The van der Waals surface area contributed by atoms with Crippen molar-refractivity contribution in [3.8, 4) is 0 Å². The molecule has 100 valence electrons. The van der Waals surface area contributed by atoms with Crippen molar-refractivity contribution < 1.29 is 9.90 Å². The highest BCUT2D eigenvalue weighted by Gasteiger charge is 2.11. The summed E-state index contributed by atoms with van der Waals surface area (Å²) in [5.74, 6) is 0.225. The summed E-state index contributed by atoms with van der Waals surface area (Å²) in [5, 5.41) is 13.2. The van der Waals surface area contributed by atoms with Gasteiger partial charge in [0, 0.05) is 11.9 Å². The molecule has 2 N–H and O–H groups in total. The van der Waals surface area contributed by atoms with Crippen LogP contribution in [0.25, 0.3) is 10.9 Å². The van der Waals surface area contributed by atoms with E-state index in [-0.39, 0.29) is 5.56 Å². The average Bonchev–Trinajstić information content (AvgIpc) is 2.43. The molecule has 0 bridgehead atoms. The van der Waals surface area contributed by atoms with Crippen LogP contribution in [0.2, 0.25) is 0 Å². The van der Waals surface area contributed by atoms with Gasteiger partial charge in [0.05, 0.1) is 11.1 Å². The summed E-state index contributed by atoms with van der Waals surface area (Å²) >= 11 is 0. The van der Waals surface area contributed by atoms with Gasteiger partial charge in [-0.1, -0.05) is 38.5 Å². The minimum atomic E-state index is -0.926. The molecule has 1 heterocycles. The molecular formula is C15H18N2O2. The lowest BCUT2D eigenvalue weighted by Gasteiger charge is -2.12. The molecule has 1 atom stereocenters. The predicted molar refractivity (Wildman–Crippen MR) is 76.6 cm³/mol. The number of para-hydroxylation sites is 1. The van der Waals surface area contributed by atoms with Crippen molar-refractivity contribution in [2.24, 2.45) is 5.92 Å². The van der Waals surface area contributed by atoms with Crippen LogP contribution in [0.3, 0.4) is 0 Å². The Labute approximate surface area is 112 Å². The first-order chi connectivity index (χ1) is 9.11. The number of carbonyl (C=O) groups is 1. The van der Waals surface area contributed by atoms with Crippen molar-refractivity contribution >= 4 is 22.7 Å². The summed E-state index contributed by atoms with van der Waals surface area (Å²) in [5.41, 5.74) is 0.992. The SMILES string of the molecule is CCC(C)CNc1cc(C(=O)O)c2ccccc2n1. The van der Waals surface area contributed by atoms with Crippen LogP contribution in [0.5, 0.6) is 0 Å². The Morgan fingerprint density at radius 3 is 2.84 bits per heavy atom. The first kappa shape index (κ1) is 13.3. The summed E-state index contributed by atoms with van der Waals surface area (Å²) in [6, 6.07) is 8.90. The lowest BCUT2D eigenvalue weighted by molar-refractivity contribution is 0.0699. The molecule has 0 amide bonds. The average molecular weight is 258 g/mol. The molecule has 2 aromatic rings. The number of aromatic nitrogens is 1. The van der Waals surface area contributed by atoms with Gasteiger partial charge in [0.2, 0.25) is 0 Å². The van der Waals surface area contributed by atoms with Gasteiger partial charge >= 0.3 is 5.97 Å². The molecule has 0 aliphatic heterocycles. The van der Waals surface area contributed by atoms with E-state index < -0.39 is 5.97 Å². The summed E-state index contributed by atoms with van der Waals surface area (Å²) in [7, 11) is 0. The molecule has 0 aliphatic rings. The number of carboxylic acids is 1. The van der Waals surface area contributed by atoms with E-state index in [9.17, 15) is 9.90 Å². The third-order valence-electron chi connectivity index (χ3n) is 3.28. The molecule has 0 fully saturated rings. The van der Waals surface area contributed by atoms with Crippen molar-refractivity contribution in [2.75, 3.05) is 11.9 Å². The van der Waals surface area contributed by atoms with E-state index in [2.05, 4.69) is 24.1 Å². The predicted octanol–water partition coefficient (Wildman–Crippen LogP) is 3.39. The third kappa shape index (κ3) is 3.02. The number of carboxylic acid groups (broad SMARTS) is 1. The second kappa shape index (κ2) is 5.69. The molecule has 0 saturated carbocycles. The summed E-state index contributed by atoms with van der Waals surface area (Å²) in [6.07, 6.45) is 1.08. The molecule has 0 radical (unpaired) electrons. The fourth-order valence-corrected chi connectivity index (χ4v) is 1.87. The van der Waals surface area contributed by atoms with Crippen LogP contribution in [-0.4, -0.2) is 22.6 Å². The molecular weight excluding hydrogens is 240 g/mol. The van der Waals surface area contributed by atoms with Crippen LogP contribution in [-0.2, 0) is 0 Å². The Morgan fingerprint density at radius 1 is 1.42 bits per heavy atom. The zero-order valence-corrected chi connectivity index (χ0v) is 11.2. The van der Waals surface area contributed by atoms with Gasteiger partial charge in [0.15, 0.2) is 0 Å². The lowest BCUT2D eigenvalue weighted by atomic mass is 10.1. The molecule has 0 aliphatic carbocycles. The molecule has 4 heteroatoms. The zero-order valence-electron chi connectivity index (χ0n) is 11.2. The van der Waals surface area contributed by atoms with E-state index in [1.807, 2.05) is 18.2 Å². The second-order valence-corrected chi connectivity index (χ2v) is 4.77. The van der Waals surface area contributed by atoms with E-state index in [4.69, 9.17) is 0 Å². The number of pyridine rings is 1. The van der Waals surface area contributed by atoms with Crippen molar-refractivity contribution in [3.63, 3.8) is 0 Å². The number of aromatic carboxylic acids is 1. The van der Waals surface area contributed by atoms with E-state index in [0.717, 1.165) is 13.0 Å². The Hall–Kier alpha value is -2.10. The Morgan fingerprint density at radius 2 is 2.16 bits per heavy atom. The Balaban J connectivity index is 2.38. The highest BCUT2D eigenvalue weighted by Crippen LogP contribution is 2.21. The maximum Gasteiger partial charge on any atom is 0.336 e. The normalized spacial score (nSPS) is 12.3. The van der Waals surface area contributed by atoms with Gasteiger partial charge in [-0.05, 0) is 18.1 Å². The minimum Gasteiger partial charge on any atom is -0.478 e. The smallest absolute Gasteiger partial charge is 0.336 e. The van der Waals surface area contributed by atoms with Gasteiger partial charge < -0.3 is 10.4 Å². The Kier molecular flexibility index (Phi) is 4.00. The van der Waals surface area contributed by atoms with E-state index in [1.165, 1.54) is 0 Å². The van der Waals surface area contributed by atoms with Gasteiger partial charge in [0.25, 0.3) is 0 Å². The van der Waals surface area contributed by atoms with Crippen molar-refractivity contribution in [1.29, 1.82) is 0 Å². The van der Waals surface area contributed by atoms with Crippen LogP contribution >= 0.6 is 0 Å². The summed E-state index contributed by atoms with van der Waals surface area (Å²) in [4.78, 5) is 15.8. The van der Waals surface area contributed by atoms with Crippen LogP contribution in [0.1, 0.15) is 30.6 Å². The van der Waals surface area contributed by atoms with Gasteiger partial charge in [-0.25, -0.2) is 9.78 Å². The quantitative estimate of drug-likeness (QED) is 0.863. The Bertz CT molecular complexity index is 596. The highest BCUT2D eigenvalue weighted by molar-refractivity contribution is 6.03. The van der Waals surface area contributed by atoms with E-state index in [0.29, 0.717) is 22.6 Å². The third-order valence-corrected chi connectivity index (χ3v) is 3.28. The van der Waals surface area contributed by atoms with Gasteiger partial charge in [-0.15, -0.1) is 0 Å². The number of hydrogen-bond donors (Lipinski definition) is 2. The summed E-state index contributed by atoms with van der Waals surface area (Å²) < 4.78 is 0.